The third kappa shape index (κ3) is 3.47. The summed E-state index contributed by atoms with van der Waals surface area (Å²) >= 11 is 0. The fraction of sp³-hybridized carbons (Fsp3) is 0.111. The molecule has 1 aromatic carbocycles. The Balaban J connectivity index is 0.00000172. The molecular formula is C9H8F4N2O5. The van der Waals surface area contributed by atoms with Crippen molar-refractivity contribution in [2.75, 3.05) is 12.4 Å². The van der Waals surface area contributed by atoms with E-state index in [0.717, 1.165) is 7.11 Å². The van der Waals surface area contributed by atoms with Gasteiger partial charge in [0.25, 0.3) is 5.95 Å². The molecular weight excluding hydrogens is 292 g/mol. The second-order valence-electron chi connectivity index (χ2n) is 2.88. The van der Waals surface area contributed by atoms with Crippen molar-refractivity contribution in [3.05, 3.63) is 45.5 Å². The molecule has 0 saturated carbocycles. The predicted octanol–water partition coefficient (Wildman–Crippen LogP) is 2.09. The molecule has 0 aliphatic carbocycles. The molecule has 0 heterocycles. The molecule has 4 N–H and O–H groups in total. The summed E-state index contributed by atoms with van der Waals surface area (Å²) in [6, 6.07) is 0. The van der Waals surface area contributed by atoms with Gasteiger partial charge in [-0.25, -0.2) is 8.78 Å². The third-order valence-corrected chi connectivity index (χ3v) is 1.77. The highest BCUT2D eigenvalue weighted by Crippen LogP contribution is 2.32. The second-order valence-corrected chi connectivity index (χ2v) is 2.88. The van der Waals surface area contributed by atoms with Crippen LogP contribution >= 0.6 is 0 Å². The molecule has 11 heteroatoms. The Bertz CT molecular complexity index is 517. The van der Waals surface area contributed by atoms with Gasteiger partial charge in [-0.1, -0.05) is 0 Å². The number of rotatable bonds is 3. The molecule has 7 nitrogen and oxygen atoms in total. The van der Waals surface area contributed by atoms with Crippen molar-refractivity contribution >= 4 is 11.4 Å². The van der Waals surface area contributed by atoms with Gasteiger partial charge in [0.2, 0.25) is 11.6 Å². The Hall–Kier alpha value is -2.56. The number of halogens is 4. The number of nitro groups is 1. The molecule has 0 radical (unpaired) electrons. The Kier molecular flexibility index (Phi) is 6.22. The van der Waals surface area contributed by atoms with Gasteiger partial charge in [-0.2, -0.15) is 8.78 Å². The molecule has 0 aliphatic rings. The van der Waals surface area contributed by atoms with E-state index in [-0.39, 0.29) is 6.20 Å². The molecule has 0 bridgehead atoms. The highest BCUT2D eigenvalue weighted by atomic mass is 19.2. The summed E-state index contributed by atoms with van der Waals surface area (Å²) in [4.78, 5) is 8.58. The van der Waals surface area contributed by atoms with Crippen LogP contribution < -0.4 is 5.32 Å². The zero-order valence-electron chi connectivity index (χ0n) is 9.69. The van der Waals surface area contributed by atoms with E-state index in [0.29, 0.717) is 0 Å². The van der Waals surface area contributed by atoms with Gasteiger partial charge in [0.05, 0.1) is 11.1 Å². The maximum atomic E-state index is 13.2. The minimum atomic E-state index is -2.22. The summed E-state index contributed by atoms with van der Waals surface area (Å²) in [6.45, 7) is 0. The maximum absolute atomic E-state index is 13.2. The van der Waals surface area contributed by atoms with E-state index in [1.807, 2.05) is 0 Å². The summed E-state index contributed by atoms with van der Waals surface area (Å²) in [5.74, 6) is -10.00. The molecule has 20 heavy (non-hydrogen) atoms. The summed E-state index contributed by atoms with van der Waals surface area (Å²) in [7, 11) is 1.00. The molecule has 112 valence electrons. The minimum absolute atomic E-state index is 0.214. The number of hydrogen-bond donors (Lipinski definition) is 4. The number of aliphatic hydroxyl groups is 3. The van der Waals surface area contributed by atoms with Crippen LogP contribution in [0.2, 0.25) is 0 Å². The van der Waals surface area contributed by atoms with Crippen LogP contribution in [0.1, 0.15) is 0 Å². The van der Waals surface area contributed by atoms with Crippen LogP contribution in [0.4, 0.5) is 28.9 Å². The van der Waals surface area contributed by atoms with E-state index < -0.39 is 45.5 Å². The van der Waals surface area contributed by atoms with Crippen LogP contribution in [0.5, 0.6) is 0 Å². The van der Waals surface area contributed by atoms with Gasteiger partial charge in [0, 0.05) is 7.11 Å². The van der Waals surface area contributed by atoms with Gasteiger partial charge >= 0.3 is 5.69 Å². The first kappa shape index (κ1) is 17.4. The van der Waals surface area contributed by atoms with Gasteiger partial charge in [-0.3, -0.25) is 10.1 Å². The molecule has 1 aromatic rings. The number of benzene rings is 1. The molecule has 0 fully saturated rings. The highest BCUT2D eigenvalue weighted by molar-refractivity contribution is 5.55. The van der Waals surface area contributed by atoms with E-state index in [4.69, 9.17) is 15.3 Å². The molecule has 0 aliphatic heterocycles. The lowest BCUT2D eigenvalue weighted by Gasteiger charge is -2.06. The van der Waals surface area contributed by atoms with Crippen molar-refractivity contribution < 1.29 is 37.8 Å². The van der Waals surface area contributed by atoms with Crippen molar-refractivity contribution in [3.8, 4) is 0 Å². The lowest BCUT2D eigenvalue weighted by Crippen LogP contribution is -2.08. The van der Waals surface area contributed by atoms with Crippen LogP contribution in [0.15, 0.2) is 12.1 Å². The fourth-order valence-electron chi connectivity index (χ4n) is 1.04. The molecule has 0 saturated heterocycles. The number of nitrogens with zero attached hydrogens (tertiary/aromatic N) is 1. The van der Waals surface area contributed by atoms with Crippen molar-refractivity contribution in [1.29, 1.82) is 0 Å². The lowest BCUT2D eigenvalue weighted by atomic mass is 10.2. The number of aliphatic hydroxyl groups excluding tert-OH is 2. The Morgan fingerprint density at radius 3 is 1.80 bits per heavy atom. The molecule has 0 atom stereocenters. The number of hydrogen-bond acceptors (Lipinski definition) is 6. The predicted molar refractivity (Wildman–Crippen MR) is 58.0 cm³/mol. The Morgan fingerprint density at radius 1 is 1.10 bits per heavy atom. The van der Waals surface area contributed by atoms with E-state index in [9.17, 15) is 27.7 Å². The zero-order valence-corrected chi connectivity index (χ0v) is 9.69. The van der Waals surface area contributed by atoms with Gasteiger partial charge in [-0.05, 0) is 0 Å². The van der Waals surface area contributed by atoms with Crippen molar-refractivity contribution in [1.82, 2.24) is 0 Å². The molecule has 1 rings (SSSR count). The summed E-state index contributed by atoms with van der Waals surface area (Å²) in [5.41, 5.74) is -3.41. The first-order chi connectivity index (χ1) is 9.27. The monoisotopic (exact) mass is 300 g/mol. The van der Waals surface area contributed by atoms with Gasteiger partial charge < -0.3 is 20.6 Å². The summed E-state index contributed by atoms with van der Waals surface area (Å²) in [5, 5.41) is 35.3. The van der Waals surface area contributed by atoms with E-state index in [2.05, 4.69) is 0 Å². The minimum Gasteiger partial charge on any atom is -0.480 e. The Labute approximate surface area is 108 Å². The fourth-order valence-corrected chi connectivity index (χ4v) is 1.04. The average molecular weight is 300 g/mol. The normalized spacial score (nSPS) is 9.30. The zero-order chi connectivity index (χ0) is 16.0. The number of anilines is 1. The number of nitrogens with one attached hydrogen (secondary N) is 1. The van der Waals surface area contributed by atoms with Crippen molar-refractivity contribution in [2.45, 2.75) is 0 Å². The van der Waals surface area contributed by atoms with Crippen LogP contribution in [0, 0.1) is 33.4 Å². The van der Waals surface area contributed by atoms with E-state index >= 15 is 0 Å². The maximum Gasteiger partial charge on any atom is 0.346 e. The average Bonchev–Trinajstić information content (AvgIpc) is 2.38. The van der Waals surface area contributed by atoms with Crippen LogP contribution in [-0.4, -0.2) is 27.4 Å². The third-order valence-electron chi connectivity index (χ3n) is 1.77. The first-order valence-electron chi connectivity index (χ1n) is 4.57. The quantitative estimate of drug-likeness (QED) is 0.223. The molecule has 0 amide bonds. The molecule has 0 spiro atoms. The van der Waals surface area contributed by atoms with Gasteiger partial charge in [0.15, 0.2) is 11.6 Å². The Morgan fingerprint density at radius 2 is 1.50 bits per heavy atom. The summed E-state index contributed by atoms with van der Waals surface area (Å²) < 4.78 is 52.5. The standard InChI is InChI=1S/C8H4F4N2O4.CH4O/c9-3-5(11)8(14(17)18)6(12)4(10)7(3)13-1-2(15)16;1-2/h1,13,15-16H;2H,1H3. The molecule has 0 aromatic heterocycles. The van der Waals surface area contributed by atoms with Crippen molar-refractivity contribution in [2.24, 2.45) is 0 Å². The van der Waals surface area contributed by atoms with Gasteiger partial charge in [0.1, 0.15) is 5.69 Å². The SMILES string of the molecule is CO.O=[N+]([O-])c1c(F)c(F)c(NC=C(O)O)c(F)c1F. The topological polar surface area (TPSA) is 116 Å². The lowest BCUT2D eigenvalue weighted by molar-refractivity contribution is -0.390. The molecule has 0 unspecified atom stereocenters. The van der Waals surface area contributed by atoms with E-state index in [1.165, 1.54) is 5.32 Å². The first-order valence-corrected chi connectivity index (χ1v) is 4.57. The van der Waals surface area contributed by atoms with Crippen LogP contribution in [0.3, 0.4) is 0 Å². The highest BCUT2D eigenvalue weighted by Gasteiger charge is 2.32. The van der Waals surface area contributed by atoms with Crippen LogP contribution in [0.25, 0.3) is 0 Å². The van der Waals surface area contributed by atoms with E-state index in [1.54, 1.807) is 0 Å². The second kappa shape index (κ2) is 7.13. The van der Waals surface area contributed by atoms with Crippen LogP contribution in [-0.2, 0) is 0 Å². The largest absolute Gasteiger partial charge is 0.480 e. The summed E-state index contributed by atoms with van der Waals surface area (Å²) in [6.07, 6.45) is 0.214. The van der Waals surface area contributed by atoms with Gasteiger partial charge in [-0.15, -0.1) is 0 Å². The smallest absolute Gasteiger partial charge is 0.346 e. The van der Waals surface area contributed by atoms with Crippen molar-refractivity contribution in [3.63, 3.8) is 0 Å². The number of nitro benzene ring substituents is 1.